The van der Waals surface area contributed by atoms with Crippen LogP contribution in [0.15, 0.2) is 9.59 Å². The predicted octanol–water partition coefficient (Wildman–Crippen LogP) is -1.51. The molecule has 196 valence electrons. The summed E-state index contributed by atoms with van der Waals surface area (Å²) in [7, 11) is 0. The average molecular weight is 501 g/mol. The van der Waals surface area contributed by atoms with Crippen molar-refractivity contribution in [2.24, 2.45) is 0 Å². The predicted molar refractivity (Wildman–Crippen MR) is 138 cm³/mol. The van der Waals surface area contributed by atoms with Crippen molar-refractivity contribution in [3.63, 3.8) is 0 Å². The van der Waals surface area contributed by atoms with Gasteiger partial charge in [0.2, 0.25) is 11.9 Å². The molecule has 2 aromatic heterocycles. The van der Waals surface area contributed by atoms with Crippen LogP contribution < -0.4 is 33.2 Å². The number of piperazine rings is 1. The summed E-state index contributed by atoms with van der Waals surface area (Å²) in [5.41, 5.74) is 12.2. The van der Waals surface area contributed by atoms with E-state index >= 15 is 0 Å². The first kappa shape index (κ1) is 24.5. The summed E-state index contributed by atoms with van der Waals surface area (Å²) in [6.45, 7) is 10.8. The Morgan fingerprint density at radius 3 is 1.44 bits per heavy atom. The molecular weight excluding hydrogens is 464 g/mol. The summed E-state index contributed by atoms with van der Waals surface area (Å²) >= 11 is 0. The van der Waals surface area contributed by atoms with Gasteiger partial charge in [-0.3, -0.25) is 29.4 Å². The third-order valence-corrected chi connectivity index (χ3v) is 7.13. The van der Waals surface area contributed by atoms with E-state index in [1.165, 1.54) is 0 Å². The molecule has 0 amide bonds. The van der Waals surface area contributed by atoms with Gasteiger partial charge in [-0.2, -0.15) is 9.97 Å². The van der Waals surface area contributed by atoms with Gasteiger partial charge in [-0.25, -0.2) is 0 Å². The van der Waals surface area contributed by atoms with Gasteiger partial charge in [0.05, 0.1) is 24.5 Å². The smallest absolute Gasteiger partial charge is 0.258 e. The number of fused-ring (bicyclic) bond motifs is 2. The molecule has 0 saturated carbocycles. The summed E-state index contributed by atoms with van der Waals surface area (Å²) in [4.78, 5) is 47.3. The fraction of sp³-hybridized carbons (Fsp3) is 0.636. The van der Waals surface area contributed by atoms with Crippen LogP contribution in [0.5, 0.6) is 0 Å². The zero-order valence-corrected chi connectivity index (χ0v) is 20.6. The number of aromatic nitrogens is 4. The highest BCUT2D eigenvalue weighted by Gasteiger charge is 2.23. The van der Waals surface area contributed by atoms with Crippen molar-refractivity contribution < 1.29 is 0 Å². The molecule has 0 spiro atoms. The maximum Gasteiger partial charge on any atom is 0.258 e. The summed E-state index contributed by atoms with van der Waals surface area (Å²) < 4.78 is 0. The van der Waals surface area contributed by atoms with Crippen LogP contribution >= 0.6 is 0 Å². The van der Waals surface area contributed by atoms with E-state index in [9.17, 15) is 9.59 Å². The fourth-order valence-corrected chi connectivity index (χ4v) is 5.14. The Balaban J connectivity index is 0.970. The lowest BCUT2D eigenvalue weighted by molar-refractivity contribution is 0.121. The first-order valence-electron chi connectivity index (χ1n) is 12.6. The van der Waals surface area contributed by atoms with E-state index in [1.54, 1.807) is 0 Å². The van der Waals surface area contributed by atoms with Crippen LogP contribution in [0.1, 0.15) is 24.0 Å². The molecule has 36 heavy (non-hydrogen) atoms. The van der Waals surface area contributed by atoms with Crippen LogP contribution in [-0.4, -0.2) is 105 Å². The number of nitrogen functional groups attached to an aromatic ring is 2. The topological polar surface area (TPSA) is 181 Å². The molecule has 0 bridgehead atoms. The summed E-state index contributed by atoms with van der Waals surface area (Å²) in [6, 6.07) is 0. The Bertz CT molecular complexity index is 1080. The maximum atomic E-state index is 12.1. The highest BCUT2D eigenvalue weighted by molar-refractivity contribution is 5.48. The third-order valence-electron chi connectivity index (χ3n) is 7.13. The summed E-state index contributed by atoms with van der Waals surface area (Å²) in [5.74, 6) is 1.49. The van der Waals surface area contributed by atoms with Gasteiger partial charge in [0.15, 0.2) is 0 Å². The maximum absolute atomic E-state index is 12.1. The molecule has 5 heterocycles. The summed E-state index contributed by atoms with van der Waals surface area (Å²) in [5, 5.41) is 6.41. The van der Waals surface area contributed by atoms with E-state index in [2.05, 4.69) is 50.2 Å². The Hall–Kier alpha value is -3.20. The van der Waals surface area contributed by atoms with E-state index in [-0.39, 0.29) is 23.0 Å². The van der Waals surface area contributed by atoms with E-state index < -0.39 is 0 Å². The van der Waals surface area contributed by atoms with E-state index in [0.29, 0.717) is 49.2 Å². The molecule has 3 aliphatic rings. The largest absolute Gasteiger partial charge is 0.369 e. The van der Waals surface area contributed by atoms with E-state index in [0.717, 1.165) is 65.2 Å². The molecule has 1 fully saturated rings. The van der Waals surface area contributed by atoms with Crippen LogP contribution in [0, 0.1) is 0 Å². The lowest BCUT2D eigenvalue weighted by atomic mass is 10.2. The van der Waals surface area contributed by atoms with Gasteiger partial charge in [0.25, 0.3) is 11.1 Å². The van der Waals surface area contributed by atoms with Crippen molar-refractivity contribution in [3.05, 3.63) is 31.8 Å². The van der Waals surface area contributed by atoms with Gasteiger partial charge < -0.3 is 31.9 Å². The van der Waals surface area contributed by atoms with E-state index in [4.69, 9.17) is 11.5 Å². The van der Waals surface area contributed by atoms with Crippen LogP contribution in [-0.2, 0) is 13.1 Å². The van der Waals surface area contributed by atoms with Crippen LogP contribution in [0.3, 0.4) is 0 Å². The quantitative estimate of drug-likeness (QED) is 0.247. The second kappa shape index (κ2) is 10.8. The van der Waals surface area contributed by atoms with Crippen molar-refractivity contribution >= 4 is 23.5 Å². The minimum absolute atomic E-state index is 0.147. The molecule has 8 N–H and O–H groups in total. The highest BCUT2D eigenvalue weighted by atomic mass is 16.1. The van der Waals surface area contributed by atoms with Gasteiger partial charge in [0.1, 0.15) is 11.6 Å². The number of rotatable bonds is 8. The SMILES string of the molecule is Nc1nc2c(c(=O)[nH]1)CN(CCCN1CCN(CCCN3CNc4nc(N)[nH]c(=O)c4C3)CC1)CN2. The monoisotopic (exact) mass is 500 g/mol. The second-order valence-corrected chi connectivity index (χ2v) is 9.72. The van der Waals surface area contributed by atoms with Gasteiger partial charge in [0, 0.05) is 52.4 Å². The van der Waals surface area contributed by atoms with Crippen LogP contribution in [0.2, 0.25) is 0 Å². The molecule has 1 saturated heterocycles. The molecule has 14 heteroatoms. The minimum atomic E-state index is -0.164. The van der Waals surface area contributed by atoms with Crippen molar-refractivity contribution in [3.8, 4) is 0 Å². The lowest BCUT2D eigenvalue weighted by Crippen LogP contribution is -2.48. The number of nitrogens with two attached hydrogens (primary N) is 2. The molecule has 0 aliphatic carbocycles. The molecule has 0 unspecified atom stereocenters. The molecule has 3 aliphatic heterocycles. The zero-order valence-electron chi connectivity index (χ0n) is 20.6. The van der Waals surface area contributed by atoms with Crippen molar-refractivity contribution in [1.29, 1.82) is 0 Å². The summed E-state index contributed by atoms with van der Waals surface area (Å²) in [6.07, 6.45) is 2.11. The molecule has 5 rings (SSSR count). The number of hydrogen-bond acceptors (Lipinski definition) is 12. The van der Waals surface area contributed by atoms with Crippen molar-refractivity contribution in [2.75, 3.05) is 87.8 Å². The van der Waals surface area contributed by atoms with Crippen LogP contribution in [0.25, 0.3) is 0 Å². The number of hydrogen-bond donors (Lipinski definition) is 6. The molecule has 0 radical (unpaired) electrons. The Labute approximate surface area is 209 Å². The zero-order chi connectivity index (χ0) is 25.1. The van der Waals surface area contributed by atoms with Crippen molar-refractivity contribution in [1.82, 2.24) is 39.5 Å². The molecular formula is C22H36N12O2. The Morgan fingerprint density at radius 1 is 0.639 bits per heavy atom. The standard InChI is InChI=1S/C22H36N12O2/c23-21-27-17-15(19(35)29-21)11-33(13-25-17)5-1-3-31-7-9-32(10-8-31)4-2-6-34-12-16-18(26-14-34)28-22(24)30-20(16)36/h1-14H2,(H4,23,25,27,29,35)(H4,24,26,28,30,36). The van der Waals surface area contributed by atoms with Gasteiger partial charge in [-0.05, 0) is 25.9 Å². The average Bonchev–Trinajstić information content (AvgIpc) is 2.85. The third kappa shape index (κ3) is 5.78. The Kier molecular flexibility index (Phi) is 7.36. The molecule has 0 aromatic carbocycles. The van der Waals surface area contributed by atoms with Gasteiger partial charge >= 0.3 is 0 Å². The first-order chi connectivity index (χ1) is 17.4. The number of H-pyrrole nitrogens is 2. The van der Waals surface area contributed by atoms with Crippen molar-refractivity contribution in [2.45, 2.75) is 25.9 Å². The van der Waals surface area contributed by atoms with E-state index in [1.807, 2.05) is 0 Å². The molecule has 14 nitrogen and oxygen atoms in total. The Morgan fingerprint density at radius 2 is 1.03 bits per heavy atom. The first-order valence-corrected chi connectivity index (χ1v) is 12.6. The molecule has 2 aromatic rings. The number of anilines is 4. The highest BCUT2D eigenvalue weighted by Crippen LogP contribution is 2.18. The van der Waals surface area contributed by atoms with Gasteiger partial charge in [-0.1, -0.05) is 0 Å². The number of nitrogens with one attached hydrogen (secondary N) is 4. The molecule has 0 atom stereocenters. The van der Waals surface area contributed by atoms with Crippen LogP contribution in [0.4, 0.5) is 23.5 Å². The number of nitrogens with zero attached hydrogens (tertiary/aromatic N) is 6. The van der Waals surface area contributed by atoms with Gasteiger partial charge in [-0.15, -0.1) is 0 Å². The second-order valence-electron chi connectivity index (χ2n) is 9.72. The fourth-order valence-electron chi connectivity index (χ4n) is 5.14. The lowest BCUT2D eigenvalue weighted by Gasteiger charge is -2.36. The minimum Gasteiger partial charge on any atom is -0.369 e. The normalized spacial score (nSPS) is 19.3. The number of aromatic amines is 2.